The number of methoxy groups -OCH3 is 1. The number of pyridine rings is 1. The molecule has 0 unspecified atom stereocenters. The monoisotopic (exact) mass is 456 g/mol. The third-order valence-electron chi connectivity index (χ3n) is 5.55. The Kier molecular flexibility index (Phi) is 5.92. The second kappa shape index (κ2) is 8.59. The molecule has 0 saturated heterocycles. The first-order valence-electron chi connectivity index (χ1n) is 9.91. The first-order chi connectivity index (χ1) is 14.0. The maximum atomic E-state index is 13.0. The van der Waals surface area contributed by atoms with Gasteiger partial charge in [0.1, 0.15) is 11.5 Å². The Labute approximate surface area is 178 Å². The lowest BCUT2D eigenvalue weighted by molar-refractivity contribution is 0.146. The smallest absolute Gasteiger partial charge is 0.258 e. The van der Waals surface area contributed by atoms with Crippen molar-refractivity contribution < 1.29 is 9.47 Å². The minimum atomic E-state index is -0.0193. The van der Waals surface area contributed by atoms with E-state index in [1.807, 2.05) is 48.7 Å². The molecule has 1 heterocycles. The summed E-state index contributed by atoms with van der Waals surface area (Å²) in [5, 5.41) is 1.55. The van der Waals surface area contributed by atoms with Crippen LogP contribution in [0.5, 0.6) is 11.5 Å². The van der Waals surface area contributed by atoms with Crippen LogP contribution in [0.4, 0.5) is 0 Å². The molecule has 4 rings (SSSR count). The molecular weight excluding hydrogens is 432 g/mol. The minimum Gasteiger partial charge on any atom is -0.497 e. The van der Waals surface area contributed by atoms with Crippen LogP contribution in [0.25, 0.3) is 10.8 Å². The number of halogens is 1. The third-order valence-corrected chi connectivity index (χ3v) is 6.17. The van der Waals surface area contributed by atoms with E-state index in [0.717, 1.165) is 52.6 Å². The summed E-state index contributed by atoms with van der Waals surface area (Å²) < 4.78 is 13.9. The zero-order valence-corrected chi connectivity index (χ0v) is 18.0. The van der Waals surface area contributed by atoms with Gasteiger partial charge in [-0.05, 0) is 82.9 Å². The predicted molar refractivity (Wildman–Crippen MR) is 119 cm³/mol. The van der Waals surface area contributed by atoms with Crippen LogP contribution in [0, 0.1) is 0 Å². The maximum Gasteiger partial charge on any atom is 0.258 e. The van der Waals surface area contributed by atoms with Crippen LogP contribution in [0.1, 0.15) is 31.2 Å². The van der Waals surface area contributed by atoms with Gasteiger partial charge < -0.3 is 19.8 Å². The van der Waals surface area contributed by atoms with Crippen molar-refractivity contribution in [3.63, 3.8) is 0 Å². The fourth-order valence-corrected chi connectivity index (χ4v) is 4.25. The number of rotatable bonds is 5. The van der Waals surface area contributed by atoms with Crippen LogP contribution in [-0.4, -0.2) is 23.8 Å². The number of hydrogen-bond donors (Lipinski definition) is 1. The van der Waals surface area contributed by atoms with Crippen LogP contribution >= 0.6 is 15.9 Å². The molecule has 5 nitrogen and oxygen atoms in total. The van der Waals surface area contributed by atoms with Gasteiger partial charge >= 0.3 is 0 Å². The maximum absolute atomic E-state index is 13.0. The lowest BCUT2D eigenvalue weighted by atomic mass is 9.94. The van der Waals surface area contributed by atoms with Gasteiger partial charge in [0, 0.05) is 17.6 Å². The molecule has 1 aliphatic carbocycles. The molecule has 6 heteroatoms. The highest BCUT2D eigenvalue weighted by Gasteiger charge is 2.21. The molecule has 2 N–H and O–H groups in total. The first kappa shape index (κ1) is 20.0. The summed E-state index contributed by atoms with van der Waals surface area (Å²) in [6.07, 6.45) is 5.94. The van der Waals surface area contributed by atoms with Crippen molar-refractivity contribution >= 4 is 26.7 Å². The van der Waals surface area contributed by atoms with Crippen LogP contribution < -0.4 is 20.8 Å². The molecular formula is C23H25BrN2O3. The topological polar surface area (TPSA) is 66.5 Å². The first-order valence-corrected chi connectivity index (χ1v) is 10.7. The Bertz CT molecular complexity index is 1050. The molecule has 0 amide bonds. The van der Waals surface area contributed by atoms with Crippen molar-refractivity contribution in [1.82, 2.24) is 4.57 Å². The van der Waals surface area contributed by atoms with Gasteiger partial charge in [-0.15, -0.1) is 0 Å². The average Bonchev–Trinajstić information content (AvgIpc) is 2.73. The van der Waals surface area contributed by atoms with E-state index in [1.165, 1.54) is 0 Å². The zero-order valence-electron chi connectivity index (χ0n) is 16.4. The molecule has 29 heavy (non-hydrogen) atoms. The Morgan fingerprint density at radius 2 is 1.83 bits per heavy atom. The minimum absolute atomic E-state index is 0.0193. The van der Waals surface area contributed by atoms with Crippen LogP contribution in [-0.2, 0) is 6.54 Å². The van der Waals surface area contributed by atoms with E-state index >= 15 is 0 Å². The number of hydrogen-bond acceptors (Lipinski definition) is 4. The van der Waals surface area contributed by atoms with Crippen molar-refractivity contribution in [2.45, 2.75) is 44.4 Å². The SMILES string of the molecule is COc1ccc(Cn2ccc3cc(O[C@H]4CC[C@H](N)CC4)c(Br)cc3c2=O)cc1. The Hall–Kier alpha value is -2.31. The van der Waals surface area contributed by atoms with Gasteiger partial charge in [0.05, 0.1) is 24.2 Å². The number of ether oxygens (including phenoxy) is 2. The van der Waals surface area contributed by atoms with E-state index in [2.05, 4.69) is 15.9 Å². The summed E-state index contributed by atoms with van der Waals surface area (Å²) in [6.45, 7) is 0.511. The average molecular weight is 457 g/mol. The van der Waals surface area contributed by atoms with Gasteiger partial charge in [0.2, 0.25) is 0 Å². The summed E-state index contributed by atoms with van der Waals surface area (Å²) >= 11 is 3.59. The van der Waals surface area contributed by atoms with E-state index in [0.29, 0.717) is 18.0 Å². The largest absolute Gasteiger partial charge is 0.497 e. The molecule has 1 aromatic heterocycles. The fourth-order valence-electron chi connectivity index (χ4n) is 3.81. The van der Waals surface area contributed by atoms with E-state index in [4.69, 9.17) is 15.2 Å². The second-order valence-corrected chi connectivity index (χ2v) is 8.48. The Morgan fingerprint density at radius 1 is 1.10 bits per heavy atom. The highest BCUT2D eigenvalue weighted by Crippen LogP contribution is 2.32. The fraction of sp³-hybridized carbons (Fsp3) is 0.348. The molecule has 2 aromatic carbocycles. The third kappa shape index (κ3) is 4.49. The number of nitrogens with two attached hydrogens (primary N) is 1. The molecule has 152 valence electrons. The van der Waals surface area contributed by atoms with Crippen LogP contribution in [0.3, 0.4) is 0 Å². The highest BCUT2D eigenvalue weighted by molar-refractivity contribution is 9.10. The van der Waals surface area contributed by atoms with Crippen molar-refractivity contribution in [1.29, 1.82) is 0 Å². The number of aromatic nitrogens is 1. The summed E-state index contributed by atoms with van der Waals surface area (Å²) in [5.74, 6) is 1.58. The van der Waals surface area contributed by atoms with E-state index in [1.54, 1.807) is 11.7 Å². The molecule has 0 aliphatic heterocycles. The van der Waals surface area contributed by atoms with Gasteiger partial charge in [0.25, 0.3) is 5.56 Å². The van der Waals surface area contributed by atoms with Crippen molar-refractivity contribution in [2.24, 2.45) is 5.73 Å². The molecule has 0 radical (unpaired) electrons. The van der Waals surface area contributed by atoms with Crippen molar-refractivity contribution in [3.05, 3.63) is 69.1 Å². The summed E-state index contributed by atoms with van der Waals surface area (Å²) in [7, 11) is 1.64. The van der Waals surface area contributed by atoms with Crippen LogP contribution in [0.15, 0.2) is 57.9 Å². The molecule has 1 fully saturated rings. The van der Waals surface area contributed by atoms with Gasteiger partial charge in [0.15, 0.2) is 0 Å². The molecule has 3 aromatic rings. The standard InChI is InChI=1S/C23H25BrN2O3/c1-28-18-6-2-15(3-7-18)14-26-11-10-16-12-22(21(24)13-20(16)23(26)27)29-19-8-4-17(25)5-9-19/h2-3,6-7,10-13,17,19H,4-5,8-9,14,25H2,1H3/t17-,19-. The Morgan fingerprint density at radius 3 is 2.52 bits per heavy atom. The van der Waals surface area contributed by atoms with E-state index < -0.39 is 0 Å². The summed E-state index contributed by atoms with van der Waals surface area (Å²) in [4.78, 5) is 13.0. The molecule has 1 aliphatic rings. The quantitative estimate of drug-likeness (QED) is 0.614. The number of benzene rings is 2. The van der Waals surface area contributed by atoms with E-state index in [-0.39, 0.29) is 11.7 Å². The lowest BCUT2D eigenvalue weighted by Gasteiger charge is -2.27. The van der Waals surface area contributed by atoms with Gasteiger partial charge in [-0.25, -0.2) is 0 Å². The second-order valence-electron chi connectivity index (χ2n) is 7.62. The molecule has 0 spiro atoms. The summed E-state index contributed by atoms with van der Waals surface area (Å²) in [5.41, 5.74) is 7.01. The number of fused-ring (bicyclic) bond motifs is 1. The predicted octanol–water partition coefficient (Wildman–Crippen LogP) is 4.47. The lowest BCUT2D eigenvalue weighted by Crippen LogP contribution is -2.31. The van der Waals surface area contributed by atoms with Crippen LogP contribution in [0.2, 0.25) is 0 Å². The summed E-state index contributed by atoms with van der Waals surface area (Å²) in [6, 6.07) is 13.8. The molecule has 1 saturated carbocycles. The molecule has 0 bridgehead atoms. The van der Waals surface area contributed by atoms with E-state index in [9.17, 15) is 4.79 Å². The van der Waals surface area contributed by atoms with Gasteiger partial charge in [-0.3, -0.25) is 4.79 Å². The van der Waals surface area contributed by atoms with Crippen molar-refractivity contribution in [3.8, 4) is 11.5 Å². The highest BCUT2D eigenvalue weighted by atomic mass is 79.9. The van der Waals surface area contributed by atoms with Crippen molar-refractivity contribution in [2.75, 3.05) is 7.11 Å². The molecule has 0 atom stereocenters. The van der Waals surface area contributed by atoms with Gasteiger partial charge in [-0.1, -0.05) is 12.1 Å². The van der Waals surface area contributed by atoms with Gasteiger partial charge in [-0.2, -0.15) is 0 Å². The number of nitrogens with zero attached hydrogens (tertiary/aromatic N) is 1. The zero-order chi connectivity index (χ0) is 20.4. The Balaban J connectivity index is 1.58. The normalized spacial score (nSPS) is 19.3.